The van der Waals surface area contributed by atoms with E-state index in [0.29, 0.717) is 21.6 Å². The summed E-state index contributed by atoms with van der Waals surface area (Å²) in [6.07, 6.45) is -3.97. The van der Waals surface area contributed by atoms with Crippen LogP contribution < -0.4 is 4.74 Å². The average Bonchev–Trinajstić information content (AvgIpc) is 3.41. The highest BCUT2D eigenvalue weighted by molar-refractivity contribution is 7.16. The lowest BCUT2D eigenvalue weighted by Gasteiger charge is -2.19. The van der Waals surface area contributed by atoms with Crippen molar-refractivity contribution in [2.24, 2.45) is 0 Å². The molecule has 0 radical (unpaired) electrons. The van der Waals surface area contributed by atoms with E-state index >= 15 is 0 Å². The number of hydrogen-bond acceptors (Lipinski definition) is 6. The predicted octanol–water partition coefficient (Wildman–Crippen LogP) is 5.52. The molecular formula is C23H19F3N2O4S. The number of imidazole rings is 1. The monoisotopic (exact) mass is 476 g/mol. The van der Waals surface area contributed by atoms with E-state index in [1.807, 2.05) is 0 Å². The van der Waals surface area contributed by atoms with Gasteiger partial charge in [-0.1, -0.05) is 24.3 Å². The first-order valence-corrected chi connectivity index (χ1v) is 10.7. The minimum absolute atomic E-state index is 0.0470. The van der Waals surface area contributed by atoms with Gasteiger partial charge in [-0.05, 0) is 30.7 Å². The Kier molecular flexibility index (Phi) is 6.13. The highest BCUT2D eigenvalue weighted by Gasteiger charge is 2.35. The number of halogens is 3. The average molecular weight is 476 g/mol. The minimum Gasteiger partial charge on any atom is -0.484 e. The maximum atomic E-state index is 13.5. The summed E-state index contributed by atoms with van der Waals surface area (Å²) < 4.78 is 52.8. The molecule has 4 aromatic rings. The molecule has 1 unspecified atom stereocenters. The van der Waals surface area contributed by atoms with Crippen LogP contribution in [0.5, 0.6) is 5.75 Å². The number of rotatable bonds is 6. The molecule has 6 nitrogen and oxygen atoms in total. The lowest BCUT2D eigenvalue weighted by molar-refractivity contribution is -0.139. The Bertz CT molecular complexity index is 1310. The SMILES string of the molecule is COC(=O)c1sc(-n2cnc3ccc(CO)cc32)cc1OC(C)c1ccccc1C(F)(F)F. The van der Waals surface area contributed by atoms with E-state index in [1.165, 1.54) is 32.2 Å². The van der Waals surface area contributed by atoms with Gasteiger partial charge in [-0.3, -0.25) is 4.57 Å². The molecule has 0 aliphatic rings. The van der Waals surface area contributed by atoms with Crippen molar-refractivity contribution >= 4 is 28.3 Å². The van der Waals surface area contributed by atoms with Crippen LogP contribution in [0, 0.1) is 0 Å². The van der Waals surface area contributed by atoms with Crippen LogP contribution in [-0.4, -0.2) is 27.7 Å². The molecule has 0 aliphatic heterocycles. The molecule has 0 amide bonds. The van der Waals surface area contributed by atoms with Gasteiger partial charge in [0.15, 0.2) is 4.88 Å². The van der Waals surface area contributed by atoms with Crippen molar-refractivity contribution in [3.05, 3.63) is 76.4 Å². The van der Waals surface area contributed by atoms with Crippen LogP contribution in [0.25, 0.3) is 16.0 Å². The van der Waals surface area contributed by atoms with E-state index < -0.39 is 23.8 Å². The standard InChI is InChI=1S/C23H19F3N2O4S/c1-13(15-5-3-4-6-16(15)23(24,25)26)32-19-10-20(33-21(19)22(30)31-2)28-12-27-17-8-7-14(11-29)9-18(17)28/h3-10,12-13,29H,11H2,1-2H3. The number of nitrogens with zero attached hydrogens (tertiary/aromatic N) is 2. The molecule has 33 heavy (non-hydrogen) atoms. The summed E-state index contributed by atoms with van der Waals surface area (Å²) in [5.41, 5.74) is 1.21. The summed E-state index contributed by atoms with van der Waals surface area (Å²) in [5, 5.41) is 10.0. The first-order chi connectivity index (χ1) is 15.7. The molecule has 1 N–H and O–H groups in total. The van der Waals surface area contributed by atoms with Crippen LogP contribution in [0.2, 0.25) is 0 Å². The van der Waals surface area contributed by atoms with Crippen LogP contribution in [0.4, 0.5) is 13.2 Å². The van der Waals surface area contributed by atoms with E-state index in [9.17, 15) is 23.1 Å². The fourth-order valence-corrected chi connectivity index (χ4v) is 4.49. The Labute approximate surface area is 190 Å². The van der Waals surface area contributed by atoms with Gasteiger partial charge in [0.2, 0.25) is 0 Å². The fraction of sp³-hybridized carbons (Fsp3) is 0.217. The summed E-state index contributed by atoms with van der Waals surface area (Å²) in [7, 11) is 1.22. The largest absolute Gasteiger partial charge is 0.484 e. The third-order valence-electron chi connectivity index (χ3n) is 5.10. The van der Waals surface area contributed by atoms with Crippen LogP contribution in [0.15, 0.2) is 54.9 Å². The molecule has 172 valence electrons. The Morgan fingerprint density at radius 3 is 2.67 bits per heavy atom. The summed E-state index contributed by atoms with van der Waals surface area (Å²) in [5.74, 6) is -0.565. The van der Waals surface area contributed by atoms with Gasteiger partial charge in [0, 0.05) is 11.6 Å². The van der Waals surface area contributed by atoms with Gasteiger partial charge in [-0.2, -0.15) is 13.2 Å². The Morgan fingerprint density at radius 2 is 1.97 bits per heavy atom. The molecule has 0 saturated carbocycles. The van der Waals surface area contributed by atoms with Crippen molar-refractivity contribution in [2.75, 3.05) is 7.11 Å². The van der Waals surface area contributed by atoms with Crippen molar-refractivity contribution < 1.29 is 32.5 Å². The number of esters is 1. The minimum atomic E-state index is -4.54. The smallest absolute Gasteiger partial charge is 0.416 e. The number of aliphatic hydroxyl groups excluding tert-OH is 1. The normalized spacial score (nSPS) is 12.7. The maximum Gasteiger partial charge on any atom is 0.416 e. The van der Waals surface area contributed by atoms with E-state index in [1.54, 1.807) is 35.2 Å². The van der Waals surface area contributed by atoms with Crippen LogP contribution in [-0.2, 0) is 17.5 Å². The molecule has 2 heterocycles. The number of aromatic nitrogens is 2. The maximum absolute atomic E-state index is 13.5. The first kappa shape index (κ1) is 22.8. The molecule has 2 aromatic carbocycles. The van der Waals surface area contributed by atoms with Gasteiger partial charge < -0.3 is 14.6 Å². The first-order valence-electron chi connectivity index (χ1n) is 9.85. The van der Waals surface area contributed by atoms with Gasteiger partial charge in [0.05, 0.1) is 30.3 Å². The van der Waals surface area contributed by atoms with Crippen LogP contribution >= 0.6 is 11.3 Å². The number of aliphatic hydroxyl groups is 1. The number of benzene rings is 2. The zero-order valence-electron chi connectivity index (χ0n) is 17.6. The molecule has 4 rings (SSSR count). The third-order valence-corrected chi connectivity index (χ3v) is 6.19. The summed E-state index contributed by atoms with van der Waals surface area (Å²) >= 11 is 1.06. The van der Waals surface area contributed by atoms with Crippen LogP contribution in [0.3, 0.4) is 0 Å². The zero-order valence-corrected chi connectivity index (χ0v) is 18.4. The van der Waals surface area contributed by atoms with E-state index in [0.717, 1.165) is 17.4 Å². The van der Waals surface area contributed by atoms with Gasteiger partial charge in [0.1, 0.15) is 23.2 Å². The van der Waals surface area contributed by atoms with Crippen LogP contribution in [0.1, 0.15) is 39.4 Å². The second-order valence-electron chi connectivity index (χ2n) is 7.21. The van der Waals surface area contributed by atoms with Crippen molar-refractivity contribution in [2.45, 2.75) is 25.8 Å². The number of thiophene rings is 1. The van der Waals surface area contributed by atoms with E-state index in [4.69, 9.17) is 9.47 Å². The number of methoxy groups -OCH3 is 1. The summed E-state index contributed by atoms with van der Waals surface area (Å²) in [4.78, 5) is 16.8. The Hall–Kier alpha value is -3.37. The molecule has 10 heteroatoms. The number of ether oxygens (including phenoxy) is 2. The summed E-state index contributed by atoms with van der Waals surface area (Å²) in [6, 6.07) is 12.0. The Morgan fingerprint density at radius 1 is 1.21 bits per heavy atom. The number of hydrogen-bond donors (Lipinski definition) is 1. The lowest BCUT2D eigenvalue weighted by atomic mass is 10.0. The molecule has 0 spiro atoms. The van der Waals surface area contributed by atoms with Crippen molar-refractivity contribution in [1.29, 1.82) is 0 Å². The molecular weight excluding hydrogens is 457 g/mol. The van der Waals surface area contributed by atoms with E-state index in [2.05, 4.69) is 4.98 Å². The highest BCUT2D eigenvalue weighted by atomic mass is 32.1. The fourth-order valence-electron chi connectivity index (χ4n) is 3.49. The lowest BCUT2D eigenvalue weighted by Crippen LogP contribution is -2.14. The molecule has 0 bridgehead atoms. The number of fused-ring (bicyclic) bond motifs is 1. The number of carbonyl (C=O) groups is 1. The third kappa shape index (κ3) is 4.44. The van der Waals surface area contributed by atoms with Gasteiger partial charge >= 0.3 is 12.1 Å². The molecule has 2 aromatic heterocycles. The van der Waals surface area contributed by atoms with E-state index in [-0.39, 0.29) is 22.8 Å². The molecule has 0 saturated heterocycles. The topological polar surface area (TPSA) is 73.6 Å². The molecule has 0 aliphatic carbocycles. The zero-order chi connectivity index (χ0) is 23.8. The Balaban J connectivity index is 1.76. The highest BCUT2D eigenvalue weighted by Crippen LogP contribution is 2.39. The quantitative estimate of drug-likeness (QED) is 0.371. The van der Waals surface area contributed by atoms with Gasteiger partial charge in [-0.15, -0.1) is 11.3 Å². The number of alkyl halides is 3. The molecule has 1 atom stereocenters. The number of carbonyl (C=O) groups excluding carboxylic acids is 1. The van der Waals surface area contributed by atoms with Crippen molar-refractivity contribution in [3.63, 3.8) is 0 Å². The second-order valence-corrected chi connectivity index (χ2v) is 8.24. The predicted molar refractivity (Wildman–Crippen MR) is 117 cm³/mol. The van der Waals surface area contributed by atoms with Crippen molar-refractivity contribution in [1.82, 2.24) is 9.55 Å². The summed E-state index contributed by atoms with van der Waals surface area (Å²) in [6.45, 7) is 1.34. The van der Waals surface area contributed by atoms with Gasteiger partial charge in [0.25, 0.3) is 0 Å². The second kappa shape index (κ2) is 8.87. The van der Waals surface area contributed by atoms with Gasteiger partial charge in [-0.25, -0.2) is 9.78 Å². The molecule has 0 fully saturated rings. The van der Waals surface area contributed by atoms with Crippen molar-refractivity contribution in [3.8, 4) is 10.8 Å².